The van der Waals surface area contributed by atoms with Crippen molar-refractivity contribution in [3.05, 3.63) is 28.5 Å². The van der Waals surface area contributed by atoms with Crippen molar-refractivity contribution in [3.8, 4) is 5.75 Å². The molecule has 1 aromatic rings. The lowest BCUT2D eigenvalue weighted by Gasteiger charge is -2.23. The summed E-state index contributed by atoms with van der Waals surface area (Å²) in [5, 5.41) is 12.2. The van der Waals surface area contributed by atoms with Crippen LogP contribution in [0.1, 0.15) is 23.7 Å². The molecule has 1 heterocycles. The largest absolute Gasteiger partial charge is 0.506 e. The van der Waals surface area contributed by atoms with E-state index in [2.05, 4.69) is 5.32 Å². The molecule has 1 aromatic carbocycles. The van der Waals surface area contributed by atoms with Gasteiger partial charge in [-0.2, -0.15) is 0 Å². The van der Waals surface area contributed by atoms with E-state index in [-0.39, 0.29) is 10.6 Å². The monoisotopic (exact) mass is 273 g/mol. The third-order valence-electron chi connectivity index (χ3n) is 2.91. The zero-order chi connectivity index (χ0) is 13.3. The predicted molar refractivity (Wildman–Crippen MR) is 64.4 cm³/mol. The number of nitrogens with one attached hydrogen (secondary N) is 1. The second-order valence-electron chi connectivity index (χ2n) is 4.60. The molecule has 0 radical (unpaired) electrons. The Kier molecular flexibility index (Phi) is 3.45. The van der Waals surface area contributed by atoms with Crippen molar-refractivity contribution in [1.29, 1.82) is 0 Å². The number of amides is 1. The minimum atomic E-state index is -0.671. The van der Waals surface area contributed by atoms with E-state index in [1.54, 1.807) is 0 Å². The molecule has 18 heavy (non-hydrogen) atoms. The quantitative estimate of drug-likeness (QED) is 0.867. The molecule has 0 aromatic heterocycles. The van der Waals surface area contributed by atoms with Crippen LogP contribution in [-0.2, 0) is 4.74 Å². The fourth-order valence-electron chi connectivity index (χ4n) is 1.85. The Morgan fingerprint density at radius 1 is 1.61 bits per heavy atom. The lowest BCUT2D eigenvalue weighted by Crippen LogP contribution is -2.46. The molecule has 1 saturated heterocycles. The van der Waals surface area contributed by atoms with Crippen LogP contribution in [0.5, 0.6) is 5.75 Å². The van der Waals surface area contributed by atoms with Crippen molar-refractivity contribution >= 4 is 17.5 Å². The van der Waals surface area contributed by atoms with Gasteiger partial charge in [-0.05, 0) is 25.5 Å². The molecule has 2 rings (SSSR count). The zero-order valence-electron chi connectivity index (χ0n) is 9.80. The highest BCUT2D eigenvalue weighted by Crippen LogP contribution is 2.29. The van der Waals surface area contributed by atoms with Crippen molar-refractivity contribution in [3.63, 3.8) is 0 Å². The summed E-state index contributed by atoms with van der Waals surface area (Å²) in [4.78, 5) is 12.0. The minimum absolute atomic E-state index is 0.173. The topological polar surface area (TPSA) is 58.6 Å². The molecule has 6 heteroatoms. The molecule has 0 bridgehead atoms. The molecule has 2 N–H and O–H groups in total. The molecular weight excluding hydrogens is 261 g/mol. The molecule has 0 aliphatic carbocycles. The van der Waals surface area contributed by atoms with Crippen LogP contribution < -0.4 is 5.32 Å². The van der Waals surface area contributed by atoms with Crippen LogP contribution in [0, 0.1) is 5.82 Å². The normalized spacial score (nSPS) is 23.1. The lowest BCUT2D eigenvalue weighted by molar-refractivity contribution is 0.0886. The molecule has 1 aliphatic rings. The molecule has 1 fully saturated rings. The third-order valence-corrected chi connectivity index (χ3v) is 3.20. The number of benzene rings is 1. The SMILES string of the molecule is C[C@]1(NC(=O)c2cc(F)cc(Cl)c2O)CCOC1. The van der Waals surface area contributed by atoms with Gasteiger partial charge in [-0.1, -0.05) is 11.6 Å². The van der Waals surface area contributed by atoms with Crippen molar-refractivity contribution in [2.24, 2.45) is 0 Å². The maximum atomic E-state index is 13.2. The fourth-order valence-corrected chi connectivity index (χ4v) is 2.05. The second-order valence-corrected chi connectivity index (χ2v) is 5.01. The summed E-state index contributed by atoms with van der Waals surface area (Å²) < 4.78 is 18.4. The van der Waals surface area contributed by atoms with E-state index in [4.69, 9.17) is 16.3 Å². The minimum Gasteiger partial charge on any atom is -0.506 e. The molecule has 0 unspecified atom stereocenters. The van der Waals surface area contributed by atoms with E-state index in [1.165, 1.54) is 0 Å². The van der Waals surface area contributed by atoms with Crippen LogP contribution >= 0.6 is 11.6 Å². The summed E-state index contributed by atoms with van der Waals surface area (Å²) in [5.74, 6) is -1.66. The highest BCUT2D eigenvalue weighted by molar-refractivity contribution is 6.32. The van der Waals surface area contributed by atoms with Gasteiger partial charge >= 0.3 is 0 Å². The number of phenols is 1. The van der Waals surface area contributed by atoms with E-state index >= 15 is 0 Å². The van der Waals surface area contributed by atoms with E-state index < -0.39 is 23.0 Å². The molecular formula is C12H13ClFNO3. The number of phenolic OH excluding ortho intramolecular Hbond substituents is 1. The first-order valence-corrected chi connectivity index (χ1v) is 5.87. The van der Waals surface area contributed by atoms with Gasteiger partial charge in [-0.3, -0.25) is 4.79 Å². The molecule has 0 spiro atoms. The van der Waals surface area contributed by atoms with E-state index in [0.29, 0.717) is 19.6 Å². The van der Waals surface area contributed by atoms with Crippen LogP contribution in [0.15, 0.2) is 12.1 Å². The first-order valence-electron chi connectivity index (χ1n) is 5.49. The Labute approximate surface area is 109 Å². The van der Waals surface area contributed by atoms with Crippen molar-refractivity contribution in [2.45, 2.75) is 18.9 Å². The van der Waals surface area contributed by atoms with Crippen molar-refractivity contribution in [1.82, 2.24) is 5.32 Å². The summed E-state index contributed by atoms with van der Waals surface area (Å²) in [5.41, 5.74) is -0.671. The Balaban J connectivity index is 2.23. The molecule has 1 amide bonds. The number of carbonyl (C=O) groups excluding carboxylic acids is 1. The Bertz CT molecular complexity index is 486. The summed E-state index contributed by atoms with van der Waals surface area (Å²) in [7, 11) is 0. The average molecular weight is 274 g/mol. The molecule has 1 atom stereocenters. The molecule has 1 aliphatic heterocycles. The van der Waals surface area contributed by atoms with Crippen LogP contribution in [0.3, 0.4) is 0 Å². The van der Waals surface area contributed by atoms with Crippen molar-refractivity contribution in [2.75, 3.05) is 13.2 Å². The molecule has 98 valence electrons. The number of hydrogen-bond donors (Lipinski definition) is 2. The predicted octanol–water partition coefficient (Wildman–Crippen LogP) is 2.09. The number of rotatable bonds is 2. The van der Waals surface area contributed by atoms with Gasteiger partial charge in [0.05, 0.1) is 22.7 Å². The van der Waals surface area contributed by atoms with Gasteiger partial charge in [-0.25, -0.2) is 4.39 Å². The maximum absolute atomic E-state index is 13.2. The van der Waals surface area contributed by atoms with Gasteiger partial charge in [0.25, 0.3) is 5.91 Å². The van der Waals surface area contributed by atoms with Crippen LogP contribution in [0.25, 0.3) is 0 Å². The second kappa shape index (κ2) is 4.74. The zero-order valence-corrected chi connectivity index (χ0v) is 10.6. The van der Waals surface area contributed by atoms with Crippen LogP contribution in [0.4, 0.5) is 4.39 Å². The number of hydrogen-bond acceptors (Lipinski definition) is 3. The van der Waals surface area contributed by atoms with Gasteiger partial charge in [0, 0.05) is 6.61 Å². The van der Waals surface area contributed by atoms with E-state index in [1.807, 2.05) is 6.92 Å². The van der Waals surface area contributed by atoms with Gasteiger partial charge in [0.2, 0.25) is 0 Å². The lowest BCUT2D eigenvalue weighted by atomic mass is 10.0. The van der Waals surface area contributed by atoms with Crippen LogP contribution in [-0.4, -0.2) is 29.8 Å². The number of aromatic hydroxyl groups is 1. The van der Waals surface area contributed by atoms with Gasteiger partial charge in [0.15, 0.2) is 0 Å². The Hall–Kier alpha value is -1.33. The standard InChI is InChI=1S/C12H13ClFNO3/c1-12(2-3-18-6-12)15-11(17)8-4-7(14)5-9(13)10(8)16/h4-5,16H,2-3,6H2,1H3,(H,15,17)/t12-/m0/s1. The summed E-state index contributed by atoms with van der Waals surface area (Å²) >= 11 is 5.62. The highest BCUT2D eigenvalue weighted by Gasteiger charge is 2.32. The first kappa shape index (κ1) is 13.1. The third kappa shape index (κ3) is 2.57. The molecule has 4 nitrogen and oxygen atoms in total. The number of carbonyl (C=O) groups is 1. The van der Waals surface area contributed by atoms with Crippen LogP contribution in [0.2, 0.25) is 5.02 Å². The summed E-state index contributed by atoms with van der Waals surface area (Å²) in [6.45, 7) is 2.78. The van der Waals surface area contributed by atoms with Gasteiger partial charge < -0.3 is 15.2 Å². The summed E-state index contributed by atoms with van der Waals surface area (Å²) in [6, 6.07) is 1.91. The fraction of sp³-hybridized carbons (Fsp3) is 0.417. The maximum Gasteiger partial charge on any atom is 0.255 e. The van der Waals surface area contributed by atoms with E-state index in [0.717, 1.165) is 12.1 Å². The highest BCUT2D eigenvalue weighted by atomic mass is 35.5. The number of halogens is 2. The molecule has 0 saturated carbocycles. The summed E-state index contributed by atoms with van der Waals surface area (Å²) in [6.07, 6.45) is 0.669. The van der Waals surface area contributed by atoms with Gasteiger partial charge in [0.1, 0.15) is 11.6 Å². The van der Waals surface area contributed by atoms with E-state index in [9.17, 15) is 14.3 Å². The Morgan fingerprint density at radius 3 is 2.94 bits per heavy atom. The first-order chi connectivity index (χ1) is 8.41. The van der Waals surface area contributed by atoms with Crippen molar-refractivity contribution < 1.29 is 19.0 Å². The Morgan fingerprint density at radius 2 is 2.33 bits per heavy atom. The average Bonchev–Trinajstić information content (AvgIpc) is 2.70. The van der Waals surface area contributed by atoms with Gasteiger partial charge in [-0.15, -0.1) is 0 Å². The smallest absolute Gasteiger partial charge is 0.255 e. The number of ether oxygens (including phenoxy) is 1.